The maximum absolute atomic E-state index is 9.40. The largest absolute Gasteiger partial charge is 0.394 e. The number of aliphatic hydroxyl groups is 1. The van der Waals surface area contributed by atoms with E-state index in [0.29, 0.717) is 0 Å². The molecule has 4 nitrogen and oxygen atoms in total. The molecule has 0 fully saturated rings. The minimum absolute atomic E-state index is 0.112. The van der Waals surface area contributed by atoms with Crippen molar-refractivity contribution < 1.29 is 5.11 Å². The zero-order valence-electron chi connectivity index (χ0n) is 13.0. The van der Waals surface area contributed by atoms with Crippen LogP contribution in [0.15, 0.2) is 0 Å². The summed E-state index contributed by atoms with van der Waals surface area (Å²) in [5, 5.41) is 12.8. The summed E-state index contributed by atoms with van der Waals surface area (Å²) >= 11 is 0. The van der Waals surface area contributed by atoms with Gasteiger partial charge in [-0.25, -0.2) is 0 Å². The number of nitrogens with one attached hydrogen (secondary N) is 1. The molecule has 0 aliphatic heterocycles. The standard InChI is InChI=1S/C14H33N3O/c1-6-15-14(2,13-18)9-7-11-17(5)12-8-10-16(3)4/h15,18H,6-13H2,1-5H3. The molecule has 0 aromatic carbocycles. The van der Waals surface area contributed by atoms with Crippen molar-refractivity contribution >= 4 is 0 Å². The van der Waals surface area contributed by atoms with Crippen molar-refractivity contribution in [3.05, 3.63) is 0 Å². The Kier molecular flexibility index (Phi) is 9.64. The molecule has 4 heteroatoms. The maximum atomic E-state index is 9.40. The van der Waals surface area contributed by atoms with Gasteiger partial charge in [0.25, 0.3) is 0 Å². The molecule has 0 aromatic heterocycles. The van der Waals surface area contributed by atoms with Crippen LogP contribution in [-0.2, 0) is 0 Å². The van der Waals surface area contributed by atoms with E-state index in [-0.39, 0.29) is 12.1 Å². The number of aliphatic hydroxyl groups excluding tert-OH is 1. The third-order valence-electron chi connectivity index (χ3n) is 3.37. The van der Waals surface area contributed by atoms with Crippen LogP contribution in [0.5, 0.6) is 0 Å². The Hall–Kier alpha value is -0.160. The average Bonchev–Trinajstić information content (AvgIpc) is 2.29. The fourth-order valence-corrected chi connectivity index (χ4v) is 2.16. The van der Waals surface area contributed by atoms with Gasteiger partial charge < -0.3 is 20.2 Å². The molecular formula is C14H33N3O. The molecule has 1 unspecified atom stereocenters. The van der Waals surface area contributed by atoms with Gasteiger partial charge in [0.2, 0.25) is 0 Å². The summed E-state index contributed by atoms with van der Waals surface area (Å²) in [6, 6.07) is 0. The molecule has 0 radical (unpaired) electrons. The number of rotatable bonds is 11. The first-order valence-corrected chi connectivity index (χ1v) is 7.12. The molecule has 0 bridgehead atoms. The van der Waals surface area contributed by atoms with Crippen molar-refractivity contribution in [1.82, 2.24) is 15.1 Å². The highest BCUT2D eigenvalue weighted by Crippen LogP contribution is 2.11. The lowest BCUT2D eigenvalue weighted by Crippen LogP contribution is -2.46. The van der Waals surface area contributed by atoms with Crippen molar-refractivity contribution in [2.24, 2.45) is 0 Å². The predicted molar refractivity (Wildman–Crippen MR) is 79.1 cm³/mol. The van der Waals surface area contributed by atoms with Crippen molar-refractivity contribution in [2.45, 2.75) is 38.6 Å². The van der Waals surface area contributed by atoms with Gasteiger partial charge in [-0.2, -0.15) is 0 Å². The molecule has 0 aliphatic carbocycles. The normalized spacial score (nSPS) is 15.3. The topological polar surface area (TPSA) is 38.7 Å². The van der Waals surface area contributed by atoms with Gasteiger partial charge in [0.1, 0.15) is 0 Å². The van der Waals surface area contributed by atoms with E-state index in [0.717, 1.165) is 39.0 Å². The summed E-state index contributed by atoms with van der Waals surface area (Å²) in [6.45, 7) is 8.71. The smallest absolute Gasteiger partial charge is 0.0610 e. The SMILES string of the molecule is CCNC(C)(CO)CCCN(C)CCCN(C)C. The number of likely N-dealkylation sites (N-methyl/N-ethyl adjacent to an activating group) is 1. The molecule has 0 saturated carbocycles. The van der Waals surface area contributed by atoms with Crippen LogP contribution in [0.25, 0.3) is 0 Å². The van der Waals surface area contributed by atoms with Gasteiger partial charge in [-0.15, -0.1) is 0 Å². The molecule has 18 heavy (non-hydrogen) atoms. The third kappa shape index (κ3) is 8.86. The van der Waals surface area contributed by atoms with E-state index in [2.05, 4.69) is 50.1 Å². The Labute approximate surface area is 113 Å². The van der Waals surface area contributed by atoms with Crippen LogP contribution < -0.4 is 5.32 Å². The molecule has 0 aliphatic rings. The van der Waals surface area contributed by atoms with Gasteiger partial charge in [0, 0.05) is 5.54 Å². The molecule has 0 rings (SSSR count). The average molecular weight is 259 g/mol. The van der Waals surface area contributed by atoms with Crippen LogP contribution in [0.1, 0.15) is 33.1 Å². The fourth-order valence-electron chi connectivity index (χ4n) is 2.16. The fraction of sp³-hybridized carbons (Fsp3) is 1.00. The van der Waals surface area contributed by atoms with E-state index in [4.69, 9.17) is 0 Å². The molecule has 0 spiro atoms. The molecule has 1 atom stereocenters. The van der Waals surface area contributed by atoms with Crippen LogP contribution in [0, 0.1) is 0 Å². The van der Waals surface area contributed by atoms with Crippen molar-refractivity contribution in [3.63, 3.8) is 0 Å². The molecule has 110 valence electrons. The van der Waals surface area contributed by atoms with E-state index in [1.54, 1.807) is 0 Å². The number of hydrogen-bond acceptors (Lipinski definition) is 4. The summed E-state index contributed by atoms with van der Waals surface area (Å²) < 4.78 is 0. The second-order valence-corrected chi connectivity index (χ2v) is 5.81. The highest BCUT2D eigenvalue weighted by atomic mass is 16.3. The first-order valence-electron chi connectivity index (χ1n) is 7.12. The van der Waals surface area contributed by atoms with Crippen LogP contribution in [0.3, 0.4) is 0 Å². The van der Waals surface area contributed by atoms with Crippen molar-refractivity contribution in [1.29, 1.82) is 0 Å². The van der Waals surface area contributed by atoms with Gasteiger partial charge >= 0.3 is 0 Å². The molecule has 0 heterocycles. The lowest BCUT2D eigenvalue weighted by atomic mass is 9.96. The molecule has 0 aromatic rings. The van der Waals surface area contributed by atoms with Gasteiger partial charge in [0.15, 0.2) is 0 Å². The van der Waals surface area contributed by atoms with Crippen molar-refractivity contribution in [3.8, 4) is 0 Å². The Morgan fingerprint density at radius 2 is 1.67 bits per heavy atom. The lowest BCUT2D eigenvalue weighted by molar-refractivity contribution is 0.160. The summed E-state index contributed by atoms with van der Waals surface area (Å²) in [5.74, 6) is 0. The first-order chi connectivity index (χ1) is 8.43. The minimum Gasteiger partial charge on any atom is -0.394 e. The van der Waals surface area contributed by atoms with Gasteiger partial charge in [-0.1, -0.05) is 6.92 Å². The monoisotopic (exact) mass is 259 g/mol. The highest BCUT2D eigenvalue weighted by Gasteiger charge is 2.21. The Morgan fingerprint density at radius 3 is 2.17 bits per heavy atom. The summed E-state index contributed by atoms with van der Waals surface area (Å²) in [7, 11) is 6.41. The second-order valence-electron chi connectivity index (χ2n) is 5.81. The van der Waals surface area contributed by atoms with Gasteiger partial charge in [0.05, 0.1) is 6.61 Å². The predicted octanol–water partition coefficient (Wildman–Crippen LogP) is 1.01. The second kappa shape index (κ2) is 9.73. The zero-order chi connectivity index (χ0) is 14.0. The van der Waals surface area contributed by atoms with Crippen LogP contribution >= 0.6 is 0 Å². The molecule has 2 N–H and O–H groups in total. The maximum Gasteiger partial charge on any atom is 0.0610 e. The van der Waals surface area contributed by atoms with E-state index in [1.165, 1.54) is 6.42 Å². The molecular weight excluding hydrogens is 226 g/mol. The van der Waals surface area contributed by atoms with E-state index < -0.39 is 0 Å². The Balaban J connectivity index is 3.68. The molecule has 0 saturated heterocycles. The summed E-state index contributed by atoms with van der Waals surface area (Å²) in [4.78, 5) is 4.61. The number of nitrogens with zero attached hydrogens (tertiary/aromatic N) is 2. The minimum atomic E-state index is -0.112. The zero-order valence-corrected chi connectivity index (χ0v) is 13.0. The third-order valence-corrected chi connectivity index (χ3v) is 3.37. The van der Waals surface area contributed by atoms with Crippen LogP contribution in [0.2, 0.25) is 0 Å². The van der Waals surface area contributed by atoms with Crippen LogP contribution in [0.4, 0.5) is 0 Å². The van der Waals surface area contributed by atoms with E-state index in [1.807, 2.05) is 0 Å². The Morgan fingerprint density at radius 1 is 1.06 bits per heavy atom. The lowest BCUT2D eigenvalue weighted by Gasteiger charge is -2.29. The number of hydrogen-bond donors (Lipinski definition) is 2. The van der Waals surface area contributed by atoms with E-state index in [9.17, 15) is 5.11 Å². The van der Waals surface area contributed by atoms with Crippen LogP contribution in [-0.4, -0.2) is 74.4 Å². The molecule has 0 amide bonds. The van der Waals surface area contributed by atoms with Gasteiger partial charge in [-0.05, 0) is 73.5 Å². The quantitative estimate of drug-likeness (QED) is 0.581. The Bertz CT molecular complexity index is 199. The summed E-state index contributed by atoms with van der Waals surface area (Å²) in [6.07, 6.45) is 3.37. The summed E-state index contributed by atoms with van der Waals surface area (Å²) in [5.41, 5.74) is -0.112. The van der Waals surface area contributed by atoms with Gasteiger partial charge in [-0.3, -0.25) is 0 Å². The first kappa shape index (κ1) is 17.8. The van der Waals surface area contributed by atoms with Crippen molar-refractivity contribution in [2.75, 3.05) is 53.9 Å². The highest BCUT2D eigenvalue weighted by molar-refractivity contribution is 4.81. The van der Waals surface area contributed by atoms with E-state index >= 15 is 0 Å².